The molecule has 5 heteroatoms. The number of carbonyl (C=O) groups is 1. The van der Waals surface area contributed by atoms with E-state index in [1.54, 1.807) is 6.07 Å². The Morgan fingerprint density at radius 1 is 1.09 bits per heavy atom. The Kier molecular flexibility index (Phi) is 6.63. The van der Waals surface area contributed by atoms with Gasteiger partial charge in [-0.1, -0.05) is 61.5 Å². The summed E-state index contributed by atoms with van der Waals surface area (Å²) in [5, 5.41) is 3.05. The number of amides is 1. The highest BCUT2D eigenvalue weighted by molar-refractivity contribution is 5.81. The number of rotatable bonds is 8. The largest absolute Gasteiger partial charge is 0.481 e. The fraction of sp³-hybridized carbons (Fsp3) is 0.345. The molecule has 4 nitrogen and oxygen atoms in total. The summed E-state index contributed by atoms with van der Waals surface area (Å²) in [5.74, 6) is 0.485. The molecule has 2 aliphatic rings. The number of ether oxygens (including phenoxy) is 1. The maximum Gasteiger partial charge on any atom is 0.261 e. The zero-order chi connectivity index (χ0) is 23.5. The van der Waals surface area contributed by atoms with Gasteiger partial charge in [-0.3, -0.25) is 9.69 Å². The first-order valence-corrected chi connectivity index (χ1v) is 12.2. The molecule has 5 rings (SSSR count). The first-order chi connectivity index (χ1) is 16.6. The lowest BCUT2D eigenvalue weighted by Gasteiger charge is -2.38. The average molecular weight is 459 g/mol. The highest BCUT2D eigenvalue weighted by Crippen LogP contribution is 2.38. The van der Waals surface area contributed by atoms with Crippen LogP contribution in [-0.2, 0) is 17.8 Å². The van der Waals surface area contributed by atoms with Crippen LogP contribution >= 0.6 is 0 Å². The highest BCUT2D eigenvalue weighted by atomic mass is 19.1. The van der Waals surface area contributed by atoms with Crippen molar-refractivity contribution in [3.8, 4) is 5.75 Å². The Morgan fingerprint density at radius 3 is 2.59 bits per heavy atom. The third-order valence-corrected chi connectivity index (χ3v) is 6.76. The lowest BCUT2D eigenvalue weighted by molar-refractivity contribution is -0.128. The molecule has 3 aromatic carbocycles. The van der Waals surface area contributed by atoms with Gasteiger partial charge >= 0.3 is 0 Å². The van der Waals surface area contributed by atoms with E-state index in [4.69, 9.17) is 4.74 Å². The monoisotopic (exact) mass is 458 g/mol. The molecule has 176 valence electrons. The number of hydrogen-bond acceptors (Lipinski definition) is 3. The maximum atomic E-state index is 14.5. The van der Waals surface area contributed by atoms with E-state index >= 15 is 0 Å². The number of nitrogens with one attached hydrogen (secondary N) is 1. The van der Waals surface area contributed by atoms with Gasteiger partial charge in [0.15, 0.2) is 6.10 Å². The van der Waals surface area contributed by atoms with E-state index in [2.05, 4.69) is 34.5 Å². The smallest absolute Gasteiger partial charge is 0.261 e. The van der Waals surface area contributed by atoms with Crippen molar-refractivity contribution in [2.24, 2.45) is 0 Å². The Bertz CT molecular complexity index is 1150. The molecule has 0 spiro atoms. The van der Waals surface area contributed by atoms with E-state index < -0.39 is 6.10 Å². The minimum Gasteiger partial charge on any atom is -0.481 e. The van der Waals surface area contributed by atoms with Crippen molar-refractivity contribution < 1.29 is 13.9 Å². The first kappa shape index (κ1) is 22.6. The molecular weight excluding hydrogens is 427 g/mol. The van der Waals surface area contributed by atoms with Crippen LogP contribution in [0.2, 0.25) is 0 Å². The van der Waals surface area contributed by atoms with Crippen molar-refractivity contribution in [3.63, 3.8) is 0 Å². The van der Waals surface area contributed by atoms with Crippen LogP contribution in [0.1, 0.15) is 54.5 Å². The molecule has 0 saturated heterocycles. The fourth-order valence-corrected chi connectivity index (χ4v) is 4.77. The standard InChI is InChI=1S/C29H31FN2O2/c1-2-27(29(33)31-23-13-14-23)34-24-15-12-20-16-17-32(19-22-10-6-7-11-26(22)30)28(25(20)18-24)21-8-4-3-5-9-21/h3-12,15,18,23,27-28H,2,13-14,16-17,19H2,1H3,(H,31,33). The van der Waals surface area contributed by atoms with E-state index in [-0.39, 0.29) is 17.8 Å². The summed E-state index contributed by atoms with van der Waals surface area (Å²) >= 11 is 0. The molecule has 34 heavy (non-hydrogen) atoms. The lowest BCUT2D eigenvalue weighted by Crippen LogP contribution is -2.39. The summed E-state index contributed by atoms with van der Waals surface area (Å²) in [7, 11) is 0. The SMILES string of the molecule is CCC(Oc1ccc2c(c1)C(c1ccccc1)N(Cc1ccccc1F)CC2)C(=O)NC1CC1. The van der Waals surface area contributed by atoms with E-state index in [9.17, 15) is 9.18 Å². The van der Waals surface area contributed by atoms with Gasteiger partial charge in [-0.25, -0.2) is 4.39 Å². The topological polar surface area (TPSA) is 41.6 Å². The van der Waals surface area contributed by atoms with Gasteiger partial charge in [-0.15, -0.1) is 0 Å². The van der Waals surface area contributed by atoms with E-state index in [0.717, 1.165) is 36.9 Å². The van der Waals surface area contributed by atoms with Crippen LogP contribution in [0.4, 0.5) is 4.39 Å². The number of halogens is 1. The maximum absolute atomic E-state index is 14.5. The predicted molar refractivity (Wildman–Crippen MR) is 131 cm³/mol. The van der Waals surface area contributed by atoms with Crippen LogP contribution in [0, 0.1) is 5.82 Å². The lowest BCUT2D eigenvalue weighted by atomic mass is 9.87. The molecule has 2 atom stereocenters. The summed E-state index contributed by atoms with van der Waals surface area (Å²) in [4.78, 5) is 14.9. The summed E-state index contributed by atoms with van der Waals surface area (Å²) in [6.07, 6.45) is 3.09. The second-order valence-corrected chi connectivity index (χ2v) is 9.28. The van der Waals surface area contributed by atoms with Gasteiger partial charge < -0.3 is 10.1 Å². The zero-order valence-electron chi connectivity index (χ0n) is 19.5. The van der Waals surface area contributed by atoms with Crippen LogP contribution in [0.25, 0.3) is 0 Å². The first-order valence-electron chi connectivity index (χ1n) is 12.2. The second-order valence-electron chi connectivity index (χ2n) is 9.28. The molecule has 1 aliphatic heterocycles. The van der Waals surface area contributed by atoms with Gasteiger partial charge in [0.05, 0.1) is 6.04 Å². The van der Waals surface area contributed by atoms with Crippen LogP contribution in [0.3, 0.4) is 0 Å². The molecule has 0 aromatic heterocycles. The number of carbonyl (C=O) groups excluding carboxylic acids is 1. The molecule has 3 aromatic rings. The van der Waals surface area contributed by atoms with Crippen LogP contribution in [0.15, 0.2) is 72.8 Å². The van der Waals surface area contributed by atoms with E-state index in [1.807, 2.05) is 43.3 Å². The zero-order valence-corrected chi connectivity index (χ0v) is 19.5. The Morgan fingerprint density at radius 2 is 1.85 bits per heavy atom. The van der Waals surface area contributed by atoms with Crippen molar-refractivity contribution >= 4 is 5.91 Å². The molecule has 0 radical (unpaired) electrons. The van der Waals surface area contributed by atoms with Gasteiger partial charge in [-0.2, -0.15) is 0 Å². The van der Waals surface area contributed by atoms with Gasteiger partial charge in [0, 0.05) is 24.7 Å². The van der Waals surface area contributed by atoms with Crippen molar-refractivity contribution in [1.82, 2.24) is 10.2 Å². The molecule has 2 unspecified atom stereocenters. The Balaban J connectivity index is 1.45. The van der Waals surface area contributed by atoms with Crippen molar-refractivity contribution in [2.75, 3.05) is 6.54 Å². The third-order valence-electron chi connectivity index (χ3n) is 6.76. The highest BCUT2D eigenvalue weighted by Gasteiger charge is 2.31. The van der Waals surface area contributed by atoms with Gasteiger partial charge in [0.2, 0.25) is 0 Å². The van der Waals surface area contributed by atoms with Gasteiger partial charge in [0.1, 0.15) is 11.6 Å². The normalized spacial score (nSPS) is 18.7. The van der Waals surface area contributed by atoms with E-state index in [0.29, 0.717) is 30.3 Å². The van der Waals surface area contributed by atoms with Crippen LogP contribution in [0.5, 0.6) is 5.75 Å². The fourth-order valence-electron chi connectivity index (χ4n) is 4.77. The quantitative estimate of drug-likeness (QED) is 0.491. The number of fused-ring (bicyclic) bond motifs is 1. The number of benzene rings is 3. The summed E-state index contributed by atoms with van der Waals surface area (Å²) in [5.41, 5.74) is 4.28. The van der Waals surface area contributed by atoms with Crippen molar-refractivity contribution in [3.05, 3.63) is 101 Å². The average Bonchev–Trinajstić information content (AvgIpc) is 3.68. The molecular formula is C29H31FN2O2. The summed E-state index contributed by atoms with van der Waals surface area (Å²) < 4.78 is 20.7. The third kappa shape index (κ3) is 5.00. The molecule has 1 fully saturated rings. The number of hydrogen-bond donors (Lipinski definition) is 1. The summed E-state index contributed by atoms with van der Waals surface area (Å²) in [6.45, 7) is 3.33. The van der Waals surface area contributed by atoms with E-state index in [1.165, 1.54) is 11.6 Å². The summed E-state index contributed by atoms with van der Waals surface area (Å²) in [6, 6.07) is 23.8. The molecule has 0 bridgehead atoms. The Hall–Kier alpha value is -3.18. The van der Waals surface area contributed by atoms with Crippen molar-refractivity contribution in [1.29, 1.82) is 0 Å². The second kappa shape index (κ2) is 9.98. The molecule has 1 N–H and O–H groups in total. The van der Waals surface area contributed by atoms with Crippen molar-refractivity contribution in [2.45, 2.75) is 57.3 Å². The molecule has 1 amide bonds. The predicted octanol–water partition coefficient (Wildman–Crippen LogP) is 5.41. The minimum absolute atomic E-state index is 0.0199. The van der Waals surface area contributed by atoms with Gasteiger partial charge in [-0.05, 0) is 60.6 Å². The van der Waals surface area contributed by atoms with Gasteiger partial charge in [0.25, 0.3) is 5.91 Å². The number of nitrogens with zero attached hydrogens (tertiary/aromatic N) is 1. The molecule has 1 heterocycles. The van der Waals surface area contributed by atoms with Crippen LogP contribution in [-0.4, -0.2) is 29.5 Å². The molecule has 1 saturated carbocycles. The van der Waals surface area contributed by atoms with Crippen LogP contribution < -0.4 is 10.1 Å². The minimum atomic E-state index is -0.507. The Labute approximate surface area is 200 Å². The molecule has 1 aliphatic carbocycles.